The summed E-state index contributed by atoms with van der Waals surface area (Å²) in [6.07, 6.45) is 3.56. The fourth-order valence-corrected chi connectivity index (χ4v) is 5.64. The van der Waals surface area contributed by atoms with Crippen LogP contribution in [-0.4, -0.2) is 52.0 Å². The average Bonchev–Trinajstić information content (AvgIpc) is 3.26. The molecule has 0 aliphatic carbocycles. The Hall–Kier alpha value is -1.96. The van der Waals surface area contributed by atoms with Crippen LogP contribution in [0.1, 0.15) is 24.0 Å². The molecule has 2 saturated heterocycles. The molecule has 0 bridgehead atoms. The minimum absolute atomic E-state index is 0.363. The first-order chi connectivity index (χ1) is 13.5. The number of aryl methyl sites for hydroxylation is 1. The minimum Gasteiger partial charge on any atom is -0.325 e. The van der Waals surface area contributed by atoms with Crippen molar-refractivity contribution in [2.45, 2.75) is 31.2 Å². The van der Waals surface area contributed by atoms with Crippen molar-refractivity contribution >= 4 is 15.8 Å². The van der Waals surface area contributed by atoms with Gasteiger partial charge in [0.05, 0.1) is 0 Å². The molecule has 1 aromatic heterocycles. The molecule has 0 spiro atoms. The van der Waals surface area contributed by atoms with Crippen molar-refractivity contribution in [2.75, 3.05) is 44.2 Å². The smallest absolute Gasteiger partial charge is 0.274 e. The summed E-state index contributed by atoms with van der Waals surface area (Å²) in [7, 11) is -3.35. The quantitative estimate of drug-likeness (QED) is 0.792. The van der Waals surface area contributed by atoms with E-state index in [4.69, 9.17) is 0 Å². The molecule has 0 saturated carbocycles. The Morgan fingerprint density at radius 3 is 2.36 bits per heavy atom. The maximum Gasteiger partial charge on any atom is 0.274 e. The highest BCUT2D eigenvalue weighted by molar-refractivity contribution is 7.89. The normalized spacial score (nSPS) is 19.2. The highest BCUT2D eigenvalue weighted by atomic mass is 32.2. The van der Waals surface area contributed by atoms with E-state index in [1.54, 1.807) is 21.5 Å². The van der Waals surface area contributed by atoms with Crippen LogP contribution < -0.4 is 14.8 Å². The number of piperazine rings is 1. The van der Waals surface area contributed by atoms with E-state index in [-0.39, 0.29) is 0 Å². The molecular weight excluding hydrogens is 372 g/mol. The number of quaternary nitrogens is 1. The number of hydrogen-bond donors (Lipinski definition) is 1. The van der Waals surface area contributed by atoms with Gasteiger partial charge in [-0.2, -0.15) is 4.31 Å². The highest BCUT2D eigenvalue weighted by Gasteiger charge is 2.30. The SMILES string of the molecule is Cc1ccccc1C[NH+]1CCN(c2ccc(S(=O)(=O)N3CCCC3)c[nH+]2)CC1. The van der Waals surface area contributed by atoms with Crippen LogP contribution >= 0.6 is 0 Å². The van der Waals surface area contributed by atoms with Gasteiger partial charge in [-0.25, -0.2) is 13.4 Å². The number of nitrogens with zero attached hydrogens (tertiary/aromatic N) is 2. The summed E-state index contributed by atoms with van der Waals surface area (Å²) in [4.78, 5) is 7.49. The number of anilines is 1. The Balaban J connectivity index is 1.36. The van der Waals surface area contributed by atoms with Crippen molar-refractivity contribution in [3.8, 4) is 0 Å². The van der Waals surface area contributed by atoms with Crippen LogP contribution in [0.15, 0.2) is 47.5 Å². The summed E-state index contributed by atoms with van der Waals surface area (Å²) < 4.78 is 26.9. The van der Waals surface area contributed by atoms with Crippen molar-refractivity contribution in [3.05, 3.63) is 53.7 Å². The molecule has 2 aliphatic rings. The van der Waals surface area contributed by atoms with Crippen LogP contribution in [0.2, 0.25) is 0 Å². The second kappa shape index (κ2) is 8.19. The second-order valence-corrected chi connectivity index (χ2v) is 9.80. The number of aromatic amines is 1. The predicted molar refractivity (Wildman–Crippen MR) is 109 cm³/mol. The predicted octanol–water partition coefficient (Wildman–Crippen LogP) is 0.499. The summed E-state index contributed by atoms with van der Waals surface area (Å²) in [5, 5.41) is 0. The number of benzene rings is 1. The van der Waals surface area contributed by atoms with Crippen molar-refractivity contribution in [1.82, 2.24) is 4.31 Å². The average molecular weight is 403 g/mol. The first-order valence-corrected chi connectivity index (χ1v) is 11.6. The molecule has 2 aromatic rings. The largest absolute Gasteiger partial charge is 0.325 e. The van der Waals surface area contributed by atoms with Gasteiger partial charge in [-0.3, -0.25) is 4.90 Å². The van der Waals surface area contributed by atoms with E-state index >= 15 is 0 Å². The monoisotopic (exact) mass is 402 g/mol. The molecule has 6 nitrogen and oxygen atoms in total. The first kappa shape index (κ1) is 19.4. The summed E-state index contributed by atoms with van der Waals surface area (Å²) >= 11 is 0. The van der Waals surface area contributed by atoms with Gasteiger partial charge in [0.15, 0.2) is 0 Å². The fourth-order valence-electron chi connectivity index (χ4n) is 4.16. The molecule has 1 aromatic carbocycles. The van der Waals surface area contributed by atoms with Crippen LogP contribution in [0.5, 0.6) is 0 Å². The van der Waals surface area contributed by atoms with E-state index < -0.39 is 10.0 Å². The number of sulfonamides is 1. The minimum atomic E-state index is -3.35. The number of H-pyrrole nitrogens is 1. The summed E-state index contributed by atoms with van der Waals surface area (Å²) in [5.74, 6) is 0.996. The molecule has 150 valence electrons. The number of nitrogens with one attached hydrogen (secondary N) is 2. The van der Waals surface area contributed by atoms with E-state index in [1.165, 1.54) is 11.1 Å². The van der Waals surface area contributed by atoms with Crippen LogP contribution in [-0.2, 0) is 16.6 Å². The molecule has 4 rings (SSSR count). The van der Waals surface area contributed by atoms with Crippen LogP contribution in [0, 0.1) is 6.92 Å². The lowest BCUT2D eigenvalue weighted by molar-refractivity contribution is -0.914. The third-order valence-corrected chi connectivity index (χ3v) is 7.88. The first-order valence-electron chi connectivity index (χ1n) is 10.2. The van der Waals surface area contributed by atoms with Crippen molar-refractivity contribution in [3.63, 3.8) is 0 Å². The van der Waals surface area contributed by atoms with E-state index in [2.05, 4.69) is 41.1 Å². The lowest BCUT2D eigenvalue weighted by atomic mass is 10.1. The Morgan fingerprint density at radius 1 is 1.00 bits per heavy atom. The standard InChI is InChI=1S/C21H28N4O2S/c1-18-6-2-3-7-19(18)17-23-12-14-24(15-13-23)21-9-8-20(16-22-21)28(26,27)25-10-4-5-11-25/h2-3,6-9,16H,4-5,10-15,17H2,1H3/p+2. The van der Waals surface area contributed by atoms with E-state index in [9.17, 15) is 8.42 Å². The van der Waals surface area contributed by atoms with Gasteiger partial charge in [0.2, 0.25) is 10.0 Å². The maximum atomic E-state index is 12.7. The van der Waals surface area contributed by atoms with E-state index in [0.29, 0.717) is 18.0 Å². The van der Waals surface area contributed by atoms with Crippen molar-refractivity contribution < 1.29 is 18.3 Å². The van der Waals surface area contributed by atoms with Gasteiger partial charge < -0.3 is 4.90 Å². The third kappa shape index (κ3) is 4.06. The van der Waals surface area contributed by atoms with Gasteiger partial charge in [-0.15, -0.1) is 0 Å². The molecule has 2 fully saturated rings. The maximum absolute atomic E-state index is 12.7. The lowest BCUT2D eigenvalue weighted by Crippen LogP contribution is -3.13. The molecule has 0 unspecified atom stereocenters. The van der Waals surface area contributed by atoms with Gasteiger partial charge >= 0.3 is 0 Å². The Kier molecular flexibility index (Phi) is 5.66. The van der Waals surface area contributed by atoms with Crippen LogP contribution in [0.25, 0.3) is 0 Å². The van der Waals surface area contributed by atoms with Crippen LogP contribution in [0.3, 0.4) is 0 Å². The topological polar surface area (TPSA) is 59.2 Å². The molecule has 3 heterocycles. The van der Waals surface area contributed by atoms with E-state index in [1.807, 2.05) is 6.07 Å². The Morgan fingerprint density at radius 2 is 1.71 bits per heavy atom. The zero-order valence-electron chi connectivity index (χ0n) is 16.5. The highest BCUT2D eigenvalue weighted by Crippen LogP contribution is 2.20. The van der Waals surface area contributed by atoms with Crippen molar-refractivity contribution in [1.29, 1.82) is 0 Å². The molecule has 0 atom stereocenters. The second-order valence-electron chi connectivity index (χ2n) is 7.86. The Bertz CT molecular complexity index is 900. The molecule has 0 radical (unpaired) electrons. The molecule has 0 amide bonds. The van der Waals surface area contributed by atoms with E-state index in [0.717, 1.165) is 51.4 Å². The zero-order chi connectivity index (χ0) is 19.6. The van der Waals surface area contributed by atoms with Gasteiger partial charge in [-0.05, 0) is 31.4 Å². The lowest BCUT2D eigenvalue weighted by Gasteiger charge is -2.28. The molecule has 7 heteroatoms. The van der Waals surface area contributed by atoms with Gasteiger partial charge in [0.25, 0.3) is 5.82 Å². The molecule has 28 heavy (non-hydrogen) atoms. The summed E-state index contributed by atoms with van der Waals surface area (Å²) in [6.45, 7) is 8.61. The Labute approximate surface area is 167 Å². The fraction of sp³-hybridized carbons (Fsp3) is 0.476. The number of aromatic nitrogens is 1. The number of rotatable bonds is 5. The van der Waals surface area contributed by atoms with Gasteiger partial charge in [0.1, 0.15) is 43.8 Å². The molecule has 2 N–H and O–H groups in total. The third-order valence-electron chi connectivity index (χ3n) is 5.98. The van der Waals surface area contributed by atoms with Gasteiger partial charge in [-0.1, -0.05) is 24.3 Å². The van der Waals surface area contributed by atoms with Crippen molar-refractivity contribution in [2.24, 2.45) is 0 Å². The number of hydrogen-bond acceptors (Lipinski definition) is 3. The summed E-state index contributed by atoms with van der Waals surface area (Å²) in [5.41, 5.74) is 2.79. The van der Waals surface area contributed by atoms with Gasteiger partial charge in [0, 0.05) is 24.7 Å². The summed E-state index contributed by atoms with van der Waals surface area (Å²) in [6, 6.07) is 12.3. The molecule has 2 aliphatic heterocycles. The molecular formula is C21H30N4O2S+2. The van der Waals surface area contributed by atoms with Crippen LogP contribution in [0.4, 0.5) is 5.82 Å². The zero-order valence-corrected chi connectivity index (χ0v) is 17.3. The number of pyridine rings is 1.